The van der Waals surface area contributed by atoms with Crippen molar-refractivity contribution in [3.63, 3.8) is 0 Å². The summed E-state index contributed by atoms with van der Waals surface area (Å²) in [6, 6.07) is 0. The summed E-state index contributed by atoms with van der Waals surface area (Å²) in [5.74, 6) is -0.959. The van der Waals surface area contributed by atoms with Crippen LogP contribution in [0.15, 0.2) is 0 Å². The van der Waals surface area contributed by atoms with Gasteiger partial charge in [-0.3, -0.25) is 23.2 Å². The Morgan fingerprint density at radius 1 is 0.500 bits per heavy atom. The Balaban J connectivity index is 4.83. The SMILES string of the molecule is CCCCCCCCCCCCCC(=O)OCC(COP(=O)(OCC(O)CO)OCC(O)CO)OC(=O)CCCCCCCCCCCCC. The van der Waals surface area contributed by atoms with Crippen LogP contribution in [0.3, 0.4) is 0 Å². The fourth-order valence-corrected chi connectivity index (χ4v) is 6.51. The molecule has 0 aromatic heterocycles. The van der Waals surface area contributed by atoms with E-state index in [0.29, 0.717) is 12.8 Å². The molecule has 0 aliphatic rings. The molecule has 0 aliphatic carbocycles. The van der Waals surface area contributed by atoms with Gasteiger partial charge in [-0.05, 0) is 12.8 Å². The fourth-order valence-electron chi connectivity index (χ4n) is 5.23. The van der Waals surface area contributed by atoms with Crippen molar-refractivity contribution in [1.29, 1.82) is 0 Å². The van der Waals surface area contributed by atoms with Crippen molar-refractivity contribution in [3.05, 3.63) is 0 Å². The average molecular weight is 741 g/mol. The van der Waals surface area contributed by atoms with Crippen molar-refractivity contribution in [1.82, 2.24) is 0 Å². The first kappa shape index (κ1) is 48.9. The van der Waals surface area contributed by atoms with Gasteiger partial charge in [-0.1, -0.05) is 142 Å². The van der Waals surface area contributed by atoms with Crippen LogP contribution in [0.2, 0.25) is 0 Å². The van der Waals surface area contributed by atoms with Gasteiger partial charge in [-0.2, -0.15) is 0 Å². The third-order valence-corrected chi connectivity index (χ3v) is 9.78. The van der Waals surface area contributed by atoms with Crippen molar-refractivity contribution in [2.45, 2.75) is 186 Å². The topological polar surface area (TPSA) is 178 Å². The minimum absolute atomic E-state index is 0.163. The number of hydrogen-bond acceptors (Lipinski definition) is 12. The number of hydrogen-bond donors (Lipinski definition) is 4. The zero-order valence-electron chi connectivity index (χ0n) is 31.4. The number of carbonyl (C=O) groups is 2. The number of unbranched alkanes of at least 4 members (excludes halogenated alkanes) is 20. The summed E-state index contributed by atoms with van der Waals surface area (Å²) < 4.78 is 39.7. The summed E-state index contributed by atoms with van der Waals surface area (Å²) in [7, 11) is -4.46. The van der Waals surface area contributed by atoms with Crippen LogP contribution in [-0.2, 0) is 37.2 Å². The fraction of sp³-hybridized carbons (Fsp3) is 0.946. The Bertz CT molecular complexity index is 812. The zero-order valence-corrected chi connectivity index (χ0v) is 32.3. The van der Waals surface area contributed by atoms with Gasteiger partial charge in [0.25, 0.3) is 0 Å². The number of phosphoric acid groups is 1. The number of esters is 2. The molecule has 0 bridgehead atoms. The third-order valence-electron chi connectivity index (χ3n) is 8.39. The molecule has 3 unspecified atom stereocenters. The molecule has 3 atom stereocenters. The van der Waals surface area contributed by atoms with E-state index in [-0.39, 0.29) is 19.4 Å². The molecule has 4 N–H and O–H groups in total. The van der Waals surface area contributed by atoms with E-state index in [1.165, 1.54) is 89.9 Å². The number of carbonyl (C=O) groups excluding carboxylic acids is 2. The Morgan fingerprint density at radius 2 is 0.840 bits per heavy atom. The molecule has 0 heterocycles. The van der Waals surface area contributed by atoms with Crippen molar-refractivity contribution < 1.29 is 57.6 Å². The van der Waals surface area contributed by atoms with E-state index >= 15 is 0 Å². The van der Waals surface area contributed by atoms with Crippen LogP contribution in [0.4, 0.5) is 0 Å². The van der Waals surface area contributed by atoms with Crippen LogP contribution >= 0.6 is 7.82 Å². The van der Waals surface area contributed by atoms with Gasteiger partial charge in [0.05, 0.1) is 33.0 Å². The highest BCUT2D eigenvalue weighted by atomic mass is 31.2. The summed E-state index contributed by atoms with van der Waals surface area (Å²) in [5, 5.41) is 37.5. The Morgan fingerprint density at radius 3 is 1.22 bits per heavy atom. The van der Waals surface area contributed by atoms with Crippen LogP contribution in [0.5, 0.6) is 0 Å². The molecule has 50 heavy (non-hydrogen) atoms. The maximum absolute atomic E-state index is 13.2. The first-order valence-electron chi connectivity index (χ1n) is 19.7. The second-order valence-corrected chi connectivity index (χ2v) is 15.0. The second-order valence-electron chi connectivity index (χ2n) is 13.4. The van der Waals surface area contributed by atoms with Crippen molar-refractivity contribution in [2.75, 3.05) is 39.6 Å². The largest absolute Gasteiger partial charge is 0.475 e. The van der Waals surface area contributed by atoms with Gasteiger partial charge in [-0.25, -0.2) is 4.57 Å². The van der Waals surface area contributed by atoms with Gasteiger partial charge >= 0.3 is 19.8 Å². The van der Waals surface area contributed by atoms with Crippen LogP contribution in [0.25, 0.3) is 0 Å². The second kappa shape index (κ2) is 34.9. The Kier molecular flexibility index (Phi) is 34.2. The molecule has 0 fully saturated rings. The van der Waals surface area contributed by atoms with E-state index in [1.807, 2.05) is 0 Å². The van der Waals surface area contributed by atoms with Gasteiger partial charge in [0.15, 0.2) is 6.10 Å². The third kappa shape index (κ3) is 31.6. The predicted molar refractivity (Wildman–Crippen MR) is 195 cm³/mol. The van der Waals surface area contributed by atoms with Crippen LogP contribution in [-0.4, -0.2) is 90.3 Å². The molecule has 298 valence electrons. The maximum Gasteiger partial charge on any atom is 0.475 e. The van der Waals surface area contributed by atoms with E-state index in [1.54, 1.807) is 0 Å². The van der Waals surface area contributed by atoms with Gasteiger partial charge < -0.3 is 29.9 Å². The smallest absolute Gasteiger partial charge is 0.462 e. The number of aliphatic hydroxyl groups excluding tert-OH is 4. The van der Waals surface area contributed by atoms with Crippen molar-refractivity contribution in [3.8, 4) is 0 Å². The maximum atomic E-state index is 13.2. The highest BCUT2D eigenvalue weighted by Gasteiger charge is 2.31. The molecule has 0 saturated heterocycles. The summed E-state index contributed by atoms with van der Waals surface area (Å²) in [5.41, 5.74) is 0. The number of rotatable bonds is 38. The van der Waals surface area contributed by atoms with E-state index in [9.17, 15) is 24.4 Å². The van der Waals surface area contributed by atoms with Crippen LogP contribution in [0.1, 0.15) is 168 Å². The average Bonchev–Trinajstić information content (AvgIpc) is 3.11. The lowest BCUT2D eigenvalue weighted by atomic mass is 10.1. The summed E-state index contributed by atoms with van der Waals surface area (Å²) in [4.78, 5) is 25.2. The highest BCUT2D eigenvalue weighted by Crippen LogP contribution is 2.49. The first-order chi connectivity index (χ1) is 24.2. The molecule has 13 heteroatoms. The molecular formula is C37H73O12P. The molecule has 0 rings (SSSR count). The molecule has 0 radical (unpaired) electrons. The molecule has 0 spiro atoms. The van der Waals surface area contributed by atoms with Crippen LogP contribution in [0, 0.1) is 0 Å². The lowest BCUT2D eigenvalue weighted by molar-refractivity contribution is -0.161. The predicted octanol–water partition coefficient (Wildman–Crippen LogP) is 7.71. The van der Waals surface area contributed by atoms with Gasteiger partial charge in [0.1, 0.15) is 18.8 Å². The van der Waals surface area contributed by atoms with Crippen molar-refractivity contribution in [2.24, 2.45) is 0 Å². The van der Waals surface area contributed by atoms with Crippen molar-refractivity contribution >= 4 is 19.8 Å². The standard InChI is InChI=1S/C37H73O12P/c1-3-5-7-9-11-13-15-17-19-21-23-25-36(42)45-31-35(32-48-50(44,46-29-33(40)27-38)47-30-34(41)28-39)49-37(43)26-24-22-20-18-16-14-12-10-8-6-4-2/h33-35,38-41H,3-32H2,1-2H3. The molecule has 0 amide bonds. The quantitative estimate of drug-likeness (QED) is 0.0276. The molecular weight excluding hydrogens is 667 g/mol. The highest BCUT2D eigenvalue weighted by molar-refractivity contribution is 7.48. The molecule has 0 aromatic rings. The Labute approximate surface area is 302 Å². The molecule has 0 aromatic carbocycles. The Hall–Kier alpha value is -1.11. The molecule has 12 nitrogen and oxygen atoms in total. The van der Waals surface area contributed by atoms with E-state index in [4.69, 9.17) is 33.3 Å². The zero-order chi connectivity index (χ0) is 37.1. The van der Waals surface area contributed by atoms with Gasteiger partial charge in [0.2, 0.25) is 0 Å². The van der Waals surface area contributed by atoms with Crippen LogP contribution < -0.4 is 0 Å². The van der Waals surface area contributed by atoms with E-state index < -0.39 is 71.1 Å². The summed E-state index contributed by atoms with van der Waals surface area (Å²) in [6.45, 7) is 1.00. The number of phosphoric ester groups is 1. The monoisotopic (exact) mass is 740 g/mol. The number of aliphatic hydroxyl groups is 4. The summed E-state index contributed by atoms with van der Waals surface area (Å²) in [6.07, 6.45) is 21.8. The van der Waals surface area contributed by atoms with E-state index in [0.717, 1.165) is 38.5 Å². The number of ether oxygens (including phenoxy) is 2. The normalized spacial score (nSPS) is 14.6. The minimum Gasteiger partial charge on any atom is -0.462 e. The molecule has 0 aliphatic heterocycles. The van der Waals surface area contributed by atoms with Gasteiger partial charge in [0, 0.05) is 12.8 Å². The van der Waals surface area contributed by atoms with E-state index in [2.05, 4.69) is 13.8 Å². The van der Waals surface area contributed by atoms with Gasteiger partial charge in [-0.15, -0.1) is 0 Å². The minimum atomic E-state index is -4.46. The summed E-state index contributed by atoms with van der Waals surface area (Å²) >= 11 is 0. The lowest BCUT2D eigenvalue weighted by Crippen LogP contribution is -2.30. The lowest BCUT2D eigenvalue weighted by Gasteiger charge is -2.23. The molecule has 0 saturated carbocycles. The first-order valence-corrected chi connectivity index (χ1v) is 21.1.